The summed E-state index contributed by atoms with van der Waals surface area (Å²) in [5, 5.41) is 2.83. The van der Waals surface area contributed by atoms with Gasteiger partial charge in [0.1, 0.15) is 5.82 Å². The number of hydrogen-bond acceptors (Lipinski definition) is 5. The second-order valence-corrected chi connectivity index (χ2v) is 11.8. The van der Waals surface area contributed by atoms with Gasteiger partial charge in [0.15, 0.2) is 0 Å². The van der Waals surface area contributed by atoms with E-state index in [0.29, 0.717) is 16.8 Å². The van der Waals surface area contributed by atoms with Gasteiger partial charge in [0, 0.05) is 85.9 Å². The molecule has 2 fully saturated rings. The Morgan fingerprint density at radius 3 is 2.48 bits per heavy atom. The van der Waals surface area contributed by atoms with Crippen LogP contribution in [0.2, 0.25) is 0 Å². The monoisotopic (exact) mass is 569 g/mol. The summed E-state index contributed by atoms with van der Waals surface area (Å²) in [6.45, 7) is 7.31. The standard InChI is InChI=1S/C34H37F2N5O/c1-24-6-9-27(20-26(24)10-7-25-8-13-32(37-23-25)41-14-4-3-5-15-41)33(42)38-28-11-12-29-30(21-28)34(35,36)22-31(29)40-18-16-39(2)17-19-40/h6,8-9,11-13,20-21,23,31H,3-5,14-19,22H2,1-2H3,(H,38,42). The number of carbonyl (C=O) groups is 1. The highest BCUT2D eigenvalue weighted by Crippen LogP contribution is 2.50. The number of hydrogen-bond donors (Lipinski definition) is 1. The Morgan fingerprint density at radius 2 is 1.74 bits per heavy atom. The summed E-state index contributed by atoms with van der Waals surface area (Å²) >= 11 is 0. The highest BCUT2D eigenvalue weighted by atomic mass is 19.3. The van der Waals surface area contributed by atoms with Crippen LogP contribution in [-0.2, 0) is 5.92 Å². The van der Waals surface area contributed by atoms with Gasteiger partial charge in [-0.1, -0.05) is 24.0 Å². The maximum absolute atomic E-state index is 15.1. The Hall–Kier alpha value is -3.80. The number of aryl methyl sites for hydroxylation is 1. The third-order valence-corrected chi connectivity index (χ3v) is 8.76. The number of fused-ring (bicyclic) bond motifs is 1. The normalized spacial score (nSPS) is 20.5. The van der Waals surface area contributed by atoms with E-state index in [1.165, 1.54) is 25.3 Å². The number of amides is 1. The van der Waals surface area contributed by atoms with Crippen LogP contribution in [0.4, 0.5) is 20.3 Å². The summed E-state index contributed by atoms with van der Waals surface area (Å²) in [5.41, 5.74) is 3.95. The molecule has 3 aliphatic rings. The van der Waals surface area contributed by atoms with Gasteiger partial charge in [0.2, 0.25) is 0 Å². The van der Waals surface area contributed by atoms with E-state index in [-0.39, 0.29) is 23.9 Å². The highest BCUT2D eigenvalue weighted by Gasteiger charge is 2.47. The van der Waals surface area contributed by atoms with E-state index in [2.05, 4.69) is 43.9 Å². The Kier molecular flexibility index (Phi) is 7.98. The molecule has 3 aromatic rings. The summed E-state index contributed by atoms with van der Waals surface area (Å²) in [7, 11) is 2.05. The van der Waals surface area contributed by atoms with Gasteiger partial charge in [-0.3, -0.25) is 9.69 Å². The molecule has 1 atom stereocenters. The third-order valence-electron chi connectivity index (χ3n) is 8.76. The smallest absolute Gasteiger partial charge is 0.275 e. The molecule has 218 valence electrons. The second-order valence-electron chi connectivity index (χ2n) is 11.8. The number of carbonyl (C=O) groups excluding carboxylic acids is 1. The molecule has 2 aliphatic heterocycles. The zero-order valence-electron chi connectivity index (χ0n) is 24.3. The van der Waals surface area contributed by atoms with Gasteiger partial charge in [0.05, 0.1) is 0 Å². The maximum atomic E-state index is 15.1. The molecule has 6 rings (SSSR count). The lowest BCUT2D eigenvalue weighted by molar-refractivity contribution is -0.0257. The topological polar surface area (TPSA) is 51.7 Å². The van der Waals surface area contributed by atoms with Crippen LogP contribution >= 0.6 is 0 Å². The predicted molar refractivity (Wildman–Crippen MR) is 162 cm³/mol. The van der Waals surface area contributed by atoms with Crippen LogP contribution in [0.1, 0.15) is 69.9 Å². The Balaban J connectivity index is 1.15. The fraction of sp³-hybridized carbons (Fsp3) is 0.412. The molecule has 0 spiro atoms. The fourth-order valence-electron chi connectivity index (χ4n) is 6.17. The number of nitrogens with zero attached hydrogens (tertiary/aromatic N) is 4. The summed E-state index contributed by atoms with van der Waals surface area (Å²) in [4.78, 5) is 24.5. The number of likely N-dealkylation sites (N-methyl/N-ethyl adjacent to an activating group) is 1. The molecule has 0 saturated carbocycles. The first-order chi connectivity index (χ1) is 20.3. The molecular formula is C34H37F2N5O. The average Bonchev–Trinajstić information content (AvgIpc) is 3.27. The van der Waals surface area contributed by atoms with E-state index >= 15 is 8.78 Å². The number of alkyl halides is 2. The minimum absolute atomic E-state index is 0.0135. The predicted octanol–water partition coefficient (Wildman–Crippen LogP) is 5.82. The molecule has 1 N–H and O–H groups in total. The van der Waals surface area contributed by atoms with Gasteiger partial charge in [0.25, 0.3) is 11.8 Å². The summed E-state index contributed by atoms with van der Waals surface area (Å²) in [6, 6.07) is 14.0. The van der Waals surface area contributed by atoms with Gasteiger partial charge in [-0.25, -0.2) is 13.8 Å². The van der Waals surface area contributed by atoms with Crippen LogP contribution in [0.3, 0.4) is 0 Å². The first-order valence-corrected chi connectivity index (χ1v) is 14.9. The molecule has 3 heterocycles. The van der Waals surface area contributed by atoms with E-state index in [1.54, 1.807) is 30.5 Å². The van der Waals surface area contributed by atoms with Crippen LogP contribution in [0.25, 0.3) is 0 Å². The van der Waals surface area contributed by atoms with E-state index in [9.17, 15) is 4.79 Å². The lowest BCUT2D eigenvalue weighted by atomic mass is 10.0. The van der Waals surface area contributed by atoms with Crippen molar-refractivity contribution in [2.24, 2.45) is 0 Å². The largest absolute Gasteiger partial charge is 0.357 e. The number of rotatable bonds is 4. The van der Waals surface area contributed by atoms with Crippen LogP contribution in [0.5, 0.6) is 0 Å². The van der Waals surface area contributed by atoms with Gasteiger partial charge >= 0.3 is 0 Å². The van der Waals surface area contributed by atoms with Crippen molar-refractivity contribution in [3.8, 4) is 11.8 Å². The van der Waals surface area contributed by atoms with Gasteiger partial charge < -0.3 is 15.1 Å². The fourth-order valence-corrected chi connectivity index (χ4v) is 6.17. The molecule has 1 amide bonds. The Bertz CT molecular complexity index is 1510. The van der Waals surface area contributed by atoms with Crippen molar-refractivity contribution in [3.05, 3.63) is 88.1 Å². The number of halogens is 2. The van der Waals surface area contributed by atoms with Crippen molar-refractivity contribution in [1.82, 2.24) is 14.8 Å². The van der Waals surface area contributed by atoms with Crippen molar-refractivity contribution in [2.45, 2.75) is 44.6 Å². The van der Waals surface area contributed by atoms with E-state index in [1.807, 2.05) is 25.1 Å². The van der Waals surface area contributed by atoms with Crippen molar-refractivity contribution in [2.75, 3.05) is 56.5 Å². The molecule has 0 bridgehead atoms. The van der Waals surface area contributed by atoms with Crippen molar-refractivity contribution in [3.63, 3.8) is 0 Å². The second kappa shape index (κ2) is 11.8. The summed E-state index contributed by atoms with van der Waals surface area (Å²) in [6.07, 6.45) is 5.24. The first kappa shape index (κ1) is 28.3. The zero-order valence-corrected chi connectivity index (χ0v) is 24.3. The highest BCUT2D eigenvalue weighted by molar-refractivity contribution is 6.04. The van der Waals surface area contributed by atoms with Crippen LogP contribution in [0.15, 0.2) is 54.7 Å². The maximum Gasteiger partial charge on any atom is 0.275 e. The number of pyridine rings is 1. The molecule has 2 aromatic carbocycles. The van der Waals surface area contributed by atoms with Crippen LogP contribution < -0.4 is 10.2 Å². The Morgan fingerprint density at radius 1 is 0.952 bits per heavy atom. The quantitative estimate of drug-likeness (QED) is 0.402. The SMILES string of the molecule is Cc1ccc(C(=O)Nc2ccc3c(c2)C(F)(F)CC3N2CCN(C)CC2)cc1C#Cc1ccc(N2CCCCC2)nc1. The number of nitrogens with one attached hydrogen (secondary N) is 1. The molecule has 1 aromatic heterocycles. The molecular weight excluding hydrogens is 532 g/mol. The zero-order chi connectivity index (χ0) is 29.3. The molecule has 8 heteroatoms. The first-order valence-electron chi connectivity index (χ1n) is 14.9. The lowest BCUT2D eigenvalue weighted by Gasteiger charge is -2.36. The van der Waals surface area contributed by atoms with Crippen molar-refractivity contribution in [1.29, 1.82) is 0 Å². The summed E-state index contributed by atoms with van der Waals surface area (Å²) < 4.78 is 30.3. The molecule has 42 heavy (non-hydrogen) atoms. The molecule has 2 saturated heterocycles. The van der Waals surface area contributed by atoms with Gasteiger partial charge in [-0.2, -0.15) is 0 Å². The van der Waals surface area contributed by atoms with Crippen molar-refractivity contribution >= 4 is 17.4 Å². The molecule has 6 nitrogen and oxygen atoms in total. The van der Waals surface area contributed by atoms with Gasteiger partial charge in [-0.05, 0) is 80.8 Å². The number of aromatic nitrogens is 1. The number of piperazine rings is 1. The molecule has 0 radical (unpaired) electrons. The third kappa shape index (κ3) is 6.04. The minimum Gasteiger partial charge on any atom is -0.357 e. The number of benzene rings is 2. The molecule has 1 unspecified atom stereocenters. The van der Waals surface area contributed by atoms with Gasteiger partial charge in [-0.15, -0.1) is 0 Å². The van der Waals surface area contributed by atoms with E-state index < -0.39 is 5.92 Å². The average molecular weight is 570 g/mol. The number of anilines is 2. The number of piperidine rings is 1. The molecule has 1 aliphatic carbocycles. The van der Waals surface area contributed by atoms with E-state index in [4.69, 9.17) is 0 Å². The Labute approximate surface area is 246 Å². The van der Waals surface area contributed by atoms with Crippen LogP contribution in [-0.4, -0.2) is 67.0 Å². The lowest BCUT2D eigenvalue weighted by Crippen LogP contribution is -2.45. The van der Waals surface area contributed by atoms with Crippen LogP contribution in [0, 0.1) is 18.8 Å². The van der Waals surface area contributed by atoms with Crippen molar-refractivity contribution < 1.29 is 13.6 Å². The minimum atomic E-state index is -2.93. The summed E-state index contributed by atoms with van der Waals surface area (Å²) in [5.74, 6) is 4.04. The van der Waals surface area contributed by atoms with E-state index in [0.717, 1.165) is 61.8 Å².